The van der Waals surface area contributed by atoms with E-state index in [4.69, 9.17) is 0 Å². The van der Waals surface area contributed by atoms with Gasteiger partial charge in [-0.05, 0) is 61.6 Å². The second-order valence-corrected chi connectivity index (χ2v) is 10.6. The smallest absolute Gasteiger partial charge is 0.280 e. The highest BCUT2D eigenvalue weighted by atomic mass is 32.1. The molecule has 9 heteroatoms. The van der Waals surface area contributed by atoms with Crippen LogP contribution in [0.2, 0.25) is 0 Å². The molecule has 1 N–H and O–H groups in total. The Morgan fingerprint density at radius 3 is 2.23 bits per heavy atom. The number of nitrogens with zero attached hydrogens (tertiary/aromatic N) is 4. The number of aromatic nitrogens is 4. The van der Waals surface area contributed by atoms with Crippen LogP contribution in [0.5, 0.6) is 5.88 Å². The fraction of sp³-hybridized carbons (Fsp3) is 0.226. The molecule has 2 aromatic carbocycles. The highest BCUT2D eigenvalue weighted by molar-refractivity contribution is 7.09. The minimum atomic E-state index is -0.635. The van der Waals surface area contributed by atoms with Gasteiger partial charge in [-0.15, -0.1) is 11.3 Å². The summed E-state index contributed by atoms with van der Waals surface area (Å²) in [6.07, 6.45) is 1.36. The molecule has 0 atom stereocenters. The van der Waals surface area contributed by atoms with Crippen LogP contribution in [0.25, 0.3) is 28.3 Å². The molecule has 0 spiro atoms. The molecule has 0 radical (unpaired) electrons. The van der Waals surface area contributed by atoms with E-state index in [1.54, 1.807) is 23.6 Å². The number of aryl methyl sites for hydroxylation is 4. The summed E-state index contributed by atoms with van der Waals surface area (Å²) in [6.45, 7) is 7.54. The summed E-state index contributed by atoms with van der Waals surface area (Å²) in [7, 11) is 0. The summed E-state index contributed by atoms with van der Waals surface area (Å²) >= 11 is 1.43. The standard InChI is InChI=1S/C31H28F2N4O2S/c1-5-20-8-7-9-21(6-2)28(20)37-29(26-16-40-18(4)35-26)36-30(38)24(31(37)39)14-19-10-11-23(25(32)15-19)22-12-13-27(33)34-17(22)3/h7-13,15-16,39H,5-6,14H2,1-4H3. The van der Waals surface area contributed by atoms with Crippen molar-refractivity contribution >= 4 is 11.3 Å². The van der Waals surface area contributed by atoms with Gasteiger partial charge in [-0.1, -0.05) is 44.2 Å². The number of halogens is 2. The molecule has 40 heavy (non-hydrogen) atoms. The lowest BCUT2D eigenvalue weighted by atomic mass is 9.99. The molecule has 0 amide bonds. The number of hydrogen-bond acceptors (Lipinski definition) is 6. The third kappa shape index (κ3) is 5.04. The summed E-state index contributed by atoms with van der Waals surface area (Å²) in [4.78, 5) is 26.1. The van der Waals surface area contributed by atoms with Crippen molar-refractivity contribution in [2.75, 3.05) is 0 Å². The van der Waals surface area contributed by atoms with E-state index in [-0.39, 0.29) is 29.3 Å². The van der Waals surface area contributed by atoms with Crippen molar-refractivity contribution in [3.8, 4) is 34.2 Å². The quantitative estimate of drug-likeness (QED) is 0.224. The van der Waals surface area contributed by atoms with Gasteiger partial charge in [-0.2, -0.15) is 9.37 Å². The van der Waals surface area contributed by atoms with Gasteiger partial charge in [0.15, 0.2) is 5.82 Å². The molecule has 0 saturated carbocycles. The van der Waals surface area contributed by atoms with E-state index >= 15 is 4.39 Å². The van der Waals surface area contributed by atoms with Gasteiger partial charge in [-0.25, -0.2) is 14.4 Å². The van der Waals surface area contributed by atoms with Crippen LogP contribution in [0.3, 0.4) is 0 Å². The Morgan fingerprint density at radius 2 is 1.62 bits per heavy atom. The van der Waals surface area contributed by atoms with Crippen LogP contribution in [0.15, 0.2) is 58.7 Å². The average molecular weight is 559 g/mol. The lowest BCUT2D eigenvalue weighted by Crippen LogP contribution is -2.21. The molecule has 0 aliphatic heterocycles. The fourth-order valence-corrected chi connectivity index (χ4v) is 5.55. The van der Waals surface area contributed by atoms with E-state index in [0.717, 1.165) is 21.8 Å². The van der Waals surface area contributed by atoms with E-state index < -0.39 is 17.3 Å². The third-order valence-electron chi connectivity index (χ3n) is 6.95. The maximum absolute atomic E-state index is 15.3. The van der Waals surface area contributed by atoms with Crippen LogP contribution in [0.1, 0.15) is 46.8 Å². The SMILES string of the molecule is CCc1cccc(CC)c1-n1c(-c2csc(C)n2)nc(=O)c(Cc2ccc(-c3ccc(F)nc3C)c(F)c2)c1O. The van der Waals surface area contributed by atoms with E-state index in [0.29, 0.717) is 35.4 Å². The van der Waals surface area contributed by atoms with Gasteiger partial charge in [-0.3, -0.25) is 9.36 Å². The van der Waals surface area contributed by atoms with Gasteiger partial charge in [0.25, 0.3) is 5.56 Å². The molecule has 5 aromatic rings. The van der Waals surface area contributed by atoms with E-state index in [9.17, 15) is 14.3 Å². The third-order valence-corrected chi connectivity index (χ3v) is 7.73. The number of rotatable bonds is 7. The second kappa shape index (κ2) is 11.1. The van der Waals surface area contributed by atoms with Gasteiger partial charge in [0.1, 0.15) is 11.5 Å². The predicted octanol–water partition coefficient (Wildman–Crippen LogP) is 6.73. The molecule has 204 valence electrons. The Bertz CT molecular complexity index is 1770. The normalized spacial score (nSPS) is 11.2. The van der Waals surface area contributed by atoms with E-state index in [1.807, 2.05) is 44.4 Å². The van der Waals surface area contributed by atoms with Crippen LogP contribution < -0.4 is 5.56 Å². The van der Waals surface area contributed by atoms with Gasteiger partial charge in [0.2, 0.25) is 11.8 Å². The Kier molecular flexibility index (Phi) is 7.58. The Morgan fingerprint density at radius 1 is 0.925 bits per heavy atom. The zero-order chi connectivity index (χ0) is 28.6. The van der Waals surface area contributed by atoms with Crippen molar-refractivity contribution in [1.82, 2.24) is 19.5 Å². The van der Waals surface area contributed by atoms with E-state index in [2.05, 4.69) is 15.0 Å². The maximum atomic E-state index is 15.3. The number of benzene rings is 2. The monoisotopic (exact) mass is 558 g/mol. The van der Waals surface area contributed by atoms with Crippen molar-refractivity contribution in [3.05, 3.63) is 109 Å². The van der Waals surface area contributed by atoms with Crippen molar-refractivity contribution in [2.45, 2.75) is 47.0 Å². The minimum absolute atomic E-state index is 0.0400. The first-order valence-corrected chi connectivity index (χ1v) is 13.9. The van der Waals surface area contributed by atoms with Crippen LogP contribution in [0.4, 0.5) is 8.78 Å². The summed E-state index contributed by atoms with van der Waals surface area (Å²) < 4.78 is 30.3. The lowest BCUT2D eigenvalue weighted by Gasteiger charge is -2.21. The second-order valence-electron chi connectivity index (χ2n) is 9.52. The first kappa shape index (κ1) is 27.3. The number of aromatic hydroxyl groups is 1. The molecule has 0 saturated heterocycles. The summed E-state index contributed by atoms with van der Waals surface area (Å²) in [6, 6.07) is 13.2. The topological polar surface area (TPSA) is 80.9 Å². The highest BCUT2D eigenvalue weighted by Crippen LogP contribution is 2.34. The zero-order valence-corrected chi connectivity index (χ0v) is 23.4. The van der Waals surface area contributed by atoms with Crippen LogP contribution in [-0.4, -0.2) is 24.6 Å². The molecule has 0 bridgehead atoms. The molecule has 0 aliphatic rings. The van der Waals surface area contributed by atoms with Crippen LogP contribution in [-0.2, 0) is 19.3 Å². The predicted molar refractivity (Wildman–Crippen MR) is 153 cm³/mol. The van der Waals surface area contributed by atoms with Crippen LogP contribution >= 0.6 is 11.3 Å². The number of hydrogen-bond donors (Lipinski definition) is 1. The first-order valence-electron chi connectivity index (χ1n) is 13.0. The Hall–Kier alpha value is -4.24. The van der Waals surface area contributed by atoms with Gasteiger partial charge in [0.05, 0.1) is 16.3 Å². The summed E-state index contributed by atoms with van der Waals surface area (Å²) in [5.41, 5.74) is 4.26. The number of para-hydroxylation sites is 1. The van der Waals surface area contributed by atoms with Gasteiger partial charge >= 0.3 is 0 Å². The molecule has 0 unspecified atom stereocenters. The molecule has 6 nitrogen and oxygen atoms in total. The van der Waals surface area contributed by atoms with Crippen molar-refractivity contribution in [3.63, 3.8) is 0 Å². The fourth-order valence-electron chi connectivity index (χ4n) is 4.96. The molecular formula is C31H28F2N4O2S. The molecule has 3 heterocycles. The maximum Gasteiger partial charge on any atom is 0.280 e. The molecule has 0 aliphatic carbocycles. The Balaban J connectivity index is 1.67. The number of pyridine rings is 1. The number of thiazole rings is 1. The van der Waals surface area contributed by atoms with E-state index in [1.165, 1.54) is 29.5 Å². The van der Waals surface area contributed by atoms with Crippen molar-refractivity contribution < 1.29 is 13.9 Å². The lowest BCUT2D eigenvalue weighted by molar-refractivity contribution is 0.429. The van der Waals surface area contributed by atoms with Crippen LogP contribution in [0, 0.1) is 25.6 Å². The molecule has 5 rings (SSSR count). The minimum Gasteiger partial charge on any atom is -0.494 e. The van der Waals surface area contributed by atoms with Crippen molar-refractivity contribution in [1.29, 1.82) is 0 Å². The molecule has 0 fully saturated rings. The van der Waals surface area contributed by atoms with Gasteiger partial charge in [0, 0.05) is 28.6 Å². The highest BCUT2D eigenvalue weighted by Gasteiger charge is 2.24. The average Bonchev–Trinajstić information content (AvgIpc) is 3.37. The molecular weight excluding hydrogens is 530 g/mol. The molecule has 3 aromatic heterocycles. The summed E-state index contributed by atoms with van der Waals surface area (Å²) in [5.74, 6) is -1.17. The summed E-state index contributed by atoms with van der Waals surface area (Å²) in [5, 5.41) is 14.3. The zero-order valence-electron chi connectivity index (χ0n) is 22.6. The van der Waals surface area contributed by atoms with Gasteiger partial charge < -0.3 is 5.11 Å². The largest absolute Gasteiger partial charge is 0.494 e. The Labute approximate surface area is 234 Å². The van der Waals surface area contributed by atoms with Crippen molar-refractivity contribution in [2.24, 2.45) is 0 Å². The first-order chi connectivity index (χ1) is 19.2.